The fourth-order valence-corrected chi connectivity index (χ4v) is 2.60. The Kier molecular flexibility index (Phi) is 5.27. The maximum absolute atomic E-state index is 11.8. The van der Waals surface area contributed by atoms with Gasteiger partial charge < -0.3 is 15.7 Å². The zero-order chi connectivity index (χ0) is 12.9. The quantitative estimate of drug-likeness (QED) is 0.727. The topological polar surface area (TPSA) is 83.6 Å². The number of thioether (sulfide) groups is 1. The summed E-state index contributed by atoms with van der Waals surface area (Å²) in [5.41, 5.74) is 4.26. The Morgan fingerprint density at radius 1 is 1.47 bits per heavy atom. The average molecular weight is 260 g/mol. The maximum atomic E-state index is 11.8. The summed E-state index contributed by atoms with van der Waals surface area (Å²) >= 11 is 1.22. The van der Waals surface area contributed by atoms with Gasteiger partial charge in [-0.15, -0.1) is 11.8 Å². The molecule has 1 rings (SSSR count). The van der Waals surface area contributed by atoms with Crippen LogP contribution in [0.1, 0.15) is 26.2 Å². The summed E-state index contributed by atoms with van der Waals surface area (Å²) in [5, 5.41) is 10.1. The van der Waals surface area contributed by atoms with E-state index in [1.807, 2.05) is 6.92 Å². The molecule has 98 valence electrons. The molecule has 1 aliphatic heterocycles. The van der Waals surface area contributed by atoms with E-state index in [0.717, 1.165) is 12.8 Å². The number of β-amino-alcohol motifs (C(OH)–C–C–N with tert-alkyl or cyclic N) is 1. The van der Waals surface area contributed by atoms with Crippen molar-refractivity contribution in [1.82, 2.24) is 4.90 Å². The molecule has 3 N–H and O–H groups in total. The molecule has 1 heterocycles. The third-order valence-corrected chi connectivity index (χ3v) is 3.98. The lowest BCUT2D eigenvalue weighted by atomic mass is 9.90. The standard InChI is InChI=1S/C11H20N2O3S/c1-2-11(16)4-3-5-13(8-11)10(15)7-17-6-9(12)14/h16H,2-8H2,1H3,(H2,12,14)/t11-/m1/s1. The Hall–Kier alpha value is -0.750. The summed E-state index contributed by atoms with van der Waals surface area (Å²) in [5.74, 6) is -0.0188. The molecule has 5 nitrogen and oxygen atoms in total. The molecule has 0 aromatic carbocycles. The highest BCUT2D eigenvalue weighted by molar-refractivity contribution is 8.00. The van der Waals surface area contributed by atoms with Gasteiger partial charge in [0, 0.05) is 13.1 Å². The van der Waals surface area contributed by atoms with Gasteiger partial charge in [-0.1, -0.05) is 6.92 Å². The monoisotopic (exact) mass is 260 g/mol. The molecule has 0 aromatic rings. The highest BCUT2D eigenvalue weighted by Crippen LogP contribution is 2.24. The molecule has 0 unspecified atom stereocenters. The van der Waals surface area contributed by atoms with Crippen LogP contribution in [-0.2, 0) is 9.59 Å². The molecule has 2 amide bonds. The summed E-state index contributed by atoms with van der Waals surface area (Å²) in [6, 6.07) is 0. The summed E-state index contributed by atoms with van der Waals surface area (Å²) in [6.07, 6.45) is 2.24. The number of rotatable bonds is 5. The molecule has 6 heteroatoms. The number of nitrogens with zero attached hydrogens (tertiary/aromatic N) is 1. The number of aliphatic hydroxyl groups is 1. The molecule has 0 saturated carbocycles. The molecule has 0 aliphatic carbocycles. The fraction of sp³-hybridized carbons (Fsp3) is 0.818. The van der Waals surface area contributed by atoms with Crippen LogP contribution in [0.2, 0.25) is 0 Å². The van der Waals surface area contributed by atoms with Crippen LogP contribution in [0.15, 0.2) is 0 Å². The van der Waals surface area contributed by atoms with E-state index in [0.29, 0.717) is 19.5 Å². The molecule has 1 saturated heterocycles. The van der Waals surface area contributed by atoms with E-state index in [1.54, 1.807) is 4.90 Å². The molecular weight excluding hydrogens is 240 g/mol. The van der Waals surface area contributed by atoms with Crippen LogP contribution in [0.5, 0.6) is 0 Å². The van der Waals surface area contributed by atoms with Gasteiger partial charge in [-0.3, -0.25) is 9.59 Å². The number of hydrogen-bond acceptors (Lipinski definition) is 4. The first-order chi connectivity index (χ1) is 7.97. The number of hydrogen-bond donors (Lipinski definition) is 2. The molecule has 1 fully saturated rings. The lowest BCUT2D eigenvalue weighted by Crippen LogP contribution is -2.50. The summed E-state index contributed by atoms with van der Waals surface area (Å²) in [7, 11) is 0. The number of nitrogens with two attached hydrogens (primary N) is 1. The molecule has 0 bridgehead atoms. The van der Waals surface area contributed by atoms with Gasteiger partial charge in [0.15, 0.2) is 0 Å². The van der Waals surface area contributed by atoms with Crippen molar-refractivity contribution in [3.63, 3.8) is 0 Å². The van der Waals surface area contributed by atoms with Crippen molar-refractivity contribution < 1.29 is 14.7 Å². The number of primary amides is 1. The van der Waals surface area contributed by atoms with Crippen LogP contribution in [0, 0.1) is 0 Å². The Morgan fingerprint density at radius 2 is 2.18 bits per heavy atom. The van der Waals surface area contributed by atoms with E-state index in [1.165, 1.54) is 11.8 Å². The molecule has 0 spiro atoms. The van der Waals surface area contributed by atoms with Crippen molar-refractivity contribution in [3.8, 4) is 0 Å². The van der Waals surface area contributed by atoms with Crippen molar-refractivity contribution in [2.45, 2.75) is 31.8 Å². The zero-order valence-corrected chi connectivity index (χ0v) is 11.0. The van der Waals surface area contributed by atoms with Gasteiger partial charge in [0.05, 0.1) is 17.1 Å². The first-order valence-electron chi connectivity index (χ1n) is 5.83. The van der Waals surface area contributed by atoms with Crippen LogP contribution in [0.3, 0.4) is 0 Å². The first kappa shape index (κ1) is 14.3. The summed E-state index contributed by atoms with van der Waals surface area (Å²) < 4.78 is 0. The SMILES string of the molecule is CC[C@@]1(O)CCCN(C(=O)CSCC(N)=O)C1. The maximum Gasteiger partial charge on any atom is 0.232 e. The van der Waals surface area contributed by atoms with Gasteiger partial charge in [0.2, 0.25) is 11.8 Å². The zero-order valence-electron chi connectivity index (χ0n) is 10.1. The van der Waals surface area contributed by atoms with Gasteiger partial charge in [0.1, 0.15) is 0 Å². The summed E-state index contributed by atoms with van der Waals surface area (Å²) in [6.45, 7) is 3.02. The second kappa shape index (κ2) is 6.26. The van der Waals surface area contributed by atoms with Gasteiger partial charge in [0.25, 0.3) is 0 Å². The smallest absolute Gasteiger partial charge is 0.232 e. The van der Waals surface area contributed by atoms with E-state index in [2.05, 4.69) is 0 Å². The lowest BCUT2D eigenvalue weighted by molar-refractivity contribution is -0.135. The normalized spacial score (nSPS) is 24.7. The predicted molar refractivity (Wildman–Crippen MR) is 67.6 cm³/mol. The number of likely N-dealkylation sites (tertiary alicyclic amines) is 1. The molecule has 1 atom stereocenters. The van der Waals surface area contributed by atoms with Gasteiger partial charge in [-0.2, -0.15) is 0 Å². The minimum Gasteiger partial charge on any atom is -0.388 e. The second-order valence-corrected chi connectivity index (χ2v) is 5.44. The van der Waals surface area contributed by atoms with E-state index < -0.39 is 11.5 Å². The van der Waals surface area contributed by atoms with Crippen LogP contribution in [0.25, 0.3) is 0 Å². The van der Waals surface area contributed by atoms with E-state index >= 15 is 0 Å². The van der Waals surface area contributed by atoms with Crippen molar-refractivity contribution in [2.75, 3.05) is 24.6 Å². The highest BCUT2D eigenvalue weighted by Gasteiger charge is 2.33. The molecule has 0 radical (unpaired) electrons. The Labute approximate surface area is 106 Å². The number of piperidine rings is 1. The predicted octanol–water partition coefficient (Wildman–Crippen LogP) is -0.0316. The Bertz CT molecular complexity index is 298. The van der Waals surface area contributed by atoms with E-state index in [9.17, 15) is 14.7 Å². The summed E-state index contributed by atoms with van der Waals surface area (Å²) in [4.78, 5) is 24.0. The van der Waals surface area contributed by atoms with Crippen LogP contribution in [-0.4, -0.2) is 52.0 Å². The minimum absolute atomic E-state index is 0.0252. The highest BCUT2D eigenvalue weighted by atomic mass is 32.2. The van der Waals surface area contributed by atoms with Gasteiger partial charge in [-0.05, 0) is 19.3 Å². The van der Waals surface area contributed by atoms with Gasteiger partial charge in [-0.25, -0.2) is 0 Å². The second-order valence-electron chi connectivity index (χ2n) is 4.46. The largest absolute Gasteiger partial charge is 0.388 e. The first-order valence-corrected chi connectivity index (χ1v) is 6.98. The van der Waals surface area contributed by atoms with Crippen molar-refractivity contribution >= 4 is 23.6 Å². The Balaban J connectivity index is 2.38. The number of carbonyl (C=O) groups excluding carboxylic acids is 2. The average Bonchev–Trinajstić information content (AvgIpc) is 2.28. The van der Waals surface area contributed by atoms with Crippen LogP contribution >= 0.6 is 11.8 Å². The fourth-order valence-electron chi connectivity index (χ4n) is 1.94. The minimum atomic E-state index is -0.734. The lowest BCUT2D eigenvalue weighted by Gasteiger charge is -2.38. The third kappa shape index (κ3) is 4.55. The molecule has 0 aromatic heterocycles. The van der Waals surface area contributed by atoms with Crippen molar-refractivity contribution in [2.24, 2.45) is 5.73 Å². The third-order valence-electron chi connectivity index (χ3n) is 3.04. The Morgan fingerprint density at radius 3 is 2.76 bits per heavy atom. The molecular formula is C11H20N2O3S. The van der Waals surface area contributed by atoms with E-state index in [-0.39, 0.29) is 17.4 Å². The molecule has 17 heavy (non-hydrogen) atoms. The molecule has 1 aliphatic rings. The van der Waals surface area contributed by atoms with Gasteiger partial charge >= 0.3 is 0 Å². The van der Waals surface area contributed by atoms with E-state index in [4.69, 9.17) is 5.73 Å². The van der Waals surface area contributed by atoms with Crippen molar-refractivity contribution in [1.29, 1.82) is 0 Å². The van der Waals surface area contributed by atoms with Crippen LogP contribution < -0.4 is 5.73 Å². The number of amides is 2. The number of carbonyl (C=O) groups is 2. The van der Waals surface area contributed by atoms with Crippen LogP contribution in [0.4, 0.5) is 0 Å². The van der Waals surface area contributed by atoms with Crippen molar-refractivity contribution in [3.05, 3.63) is 0 Å².